The second-order valence-electron chi connectivity index (χ2n) is 1.64. The Kier molecular flexibility index (Phi) is 3.95. The minimum atomic E-state index is -0.333. The van der Waals surface area contributed by atoms with E-state index in [0.29, 0.717) is 6.61 Å². The van der Waals surface area contributed by atoms with Crippen molar-refractivity contribution in [3.05, 3.63) is 12.2 Å². The Morgan fingerprint density at radius 1 is 1.80 bits per heavy atom. The van der Waals surface area contributed by atoms with Crippen LogP contribution < -0.4 is 5.73 Å². The van der Waals surface area contributed by atoms with Gasteiger partial charge in [0.2, 0.25) is 5.91 Å². The average molecular weight is 143 g/mol. The molecular formula is C6H9NO3. The van der Waals surface area contributed by atoms with Gasteiger partial charge in [0.05, 0.1) is 0 Å². The van der Waals surface area contributed by atoms with Gasteiger partial charge in [-0.3, -0.25) is 4.79 Å². The van der Waals surface area contributed by atoms with Crippen molar-refractivity contribution in [2.75, 3.05) is 6.61 Å². The molecule has 1 aliphatic rings. The molecule has 0 radical (unpaired) electrons. The van der Waals surface area contributed by atoms with Crippen molar-refractivity contribution in [3.63, 3.8) is 0 Å². The lowest BCUT2D eigenvalue weighted by Gasteiger charge is -1.81. The zero-order chi connectivity index (χ0) is 7.98. The monoisotopic (exact) mass is 143 g/mol. The van der Waals surface area contributed by atoms with Crippen LogP contribution in [-0.2, 0) is 14.3 Å². The van der Waals surface area contributed by atoms with Gasteiger partial charge in [0.1, 0.15) is 6.61 Å². The Labute approximate surface area is 58.7 Å². The molecule has 0 aliphatic carbocycles. The van der Waals surface area contributed by atoms with E-state index < -0.39 is 0 Å². The lowest BCUT2D eigenvalue weighted by Crippen LogP contribution is -2.01. The van der Waals surface area contributed by atoms with Crippen LogP contribution in [0.3, 0.4) is 0 Å². The van der Waals surface area contributed by atoms with Crippen LogP contribution in [-0.4, -0.2) is 18.5 Å². The van der Waals surface area contributed by atoms with Crippen molar-refractivity contribution in [2.45, 2.75) is 6.92 Å². The molecule has 1 amide bonds. The van der Waals surface area contributed by atoms with Crippen molar-refractivity contribution in [3.8, 4) is 0 Å². The number of carbonyl (C=O) groups excluding carboxylic acids is 2. The van der Waals surface area contributed by atoms with Crippen molar-refractivity contribution < 1.29 is 14.3 Å². The number of amides is 1. The van der Waals surface area contributed by atoms with Gasteiger partial charge >= 0.3 is 5.97 Å². The van der Waals surface area contributed by atoms with Crippen LogP contribution in [0.2, 0.25) is 0 Å². The number of carbonyl (C=O) groups is 2. The molecule has 0 atom stereocenters. The van der Waals surface area contributed by atoms with Gasteiger partial charge in [-0.2, -0.15) is 0 Å². The minimum Gasteiger partial charge on any atom is -0.458 e. The molecule has 2 N–H and O–H groups in total. The average Bonchev–Trinajstić information content (AvgIpc) is 2.15. The summed E-state index contributed by atoms with van der Waals surface area (Å²) in [5, 5.41) is 0. The Bertz CT molecular complexity index is 158. The fraction of sp³-hybridized carbons (Fsp3) is 0.333. The Balaban J connectivity index is 0.000000180. The van der Waals surface area contributed by atoms with Gasteiger partial charge in [0.25, 0.3) is 0 Å². The summed E-state index contributed by atoms with van der Waals surface area (Å²) in [6.07, 6.45) is 3.10. The number of ether oxygens (including phenoxy) is 1. The number of hydrogen-bond donors (Lipinski definition) is 1. The molecule has 0 aromatic heterocycles. The first-order valence-corrected chi connectivity index (χ1v) is 2.72. The lowest BCUT2D eigenvalue weighted by molar-refractivity contribution is -0.134. The van der Waals surface area contributed by atoms with Crippen LogP contribution in [0.4, 0.5) is 0 Å². The van der Waals surface area contributed by atoms with E-state index in [1.807, 2.05) is 0 Å². The molecule has 56 valence electrons. The Hall–Kier alpha value is -1.32. The Morgan fingerprint density at radius 2 is 2.30 bits per heavy atom. The maximum absolute atomic E-state index is 9.93. The zero-order valence-corrected chi connectivity index (χ0v) is 5.66. The third kappa shape index (κ3) is 6.68. The van der Waals surface area contributed by atoms with E-state index in [2.05, 4.69) is 10.5 Å². The largest absolute Gasteiger partial charge is 0.458 e. The predicted molar refractivity (Wildman–Crippen MR) is 35.0 cm³/mol. The Morgan fingerprint density at radius 3 is 2.40 bits per heavy atom. The van der Waals surface area contributed by atoms with Crippen LogP contribution in [0, 0.1) is 0 Å². The number of primary amides is 1. The van der Waals surface area contributed by atoms with Gasteiger partial charge in [0.15, 0.2) is 0 Å². The summed E-state index contributed by atoms with van der Waals surface area (Å²) in [6.45, 7) is 1.76. The maximum Gasteiger partial charge on any atom is 0.330 e. The van der Waals surface area contributed by atoms with Gasteiger partial charge in [-0.25, -0.2) is 4.79 Å². The lowest BCUT2D eigenvalue weighted by atomic mass is 10.6. The van der Waals surface area contributed by atoms with E-state index in [1.165, 1.54) is 13.0 Å². The van der Waals surface area contributed by atoms with Crippen molar-refractivity contribution in [1.29, 1.82) is 0 Å². The van der Waals surface area contributed by atoms with Crippen molar-refractivity contribution >= 4 is 11.9 Å². The molecule has 10 heavy (non-hydrogen) atoms. The van der Waals surface area contributed by atoms with Crippen molar-refractivity contribution in [2.24, 2.45) is 5.73 Å². The first-order chi connectivity index (χ1) is 4.63. The molecular weight excluding hydrogens is 134 g/mol. The zero-order valence-electron chi connectivity index (χ0n) is 5.66. The van der Waals surface area contributed by atoms with Crippen molar-refractivity contribution in [1.82, 2.24) is 0 Å². The van der Waals surface area contributed by atoms with E-state index in [4.69, 9.17) is 0 Å². The molecule has 0 saturated carbocycles. The van der Waals surface area contributed by atoms with Gasteiger partial charge in [-0.1, -0.05) is 0 Å². The molecule has 0 bridgehead atoms. The summed E-state index contributed by atoms with van der Waals surface area (Å²) in [6, 6.07) is 0. The molecule has 4 heteroatoms. The summed E-state index contributed by atoms with van der Waals surface area (Å²) in [5.41, 5.74) is 4.47. The number of esters is 1. The highest BCUT2D eigenvalue weighted by molar-refractivity contribution is 5.83. The molecule has 0 unspecified atom stereocenters. The predicted octanol–water partition coefficient (Wildman–Crippen LogP) is -0.409. The van der Waals surface area contributed by atoms with Crippen LogP contribution in [0.25, 0.3) is 0 Å². The molecule has 1 rings (SSSR count). The van der Waals surface area contributed by atoms with E-state index in [1.54, 1.807) is 6.08 Å². The number of cyclic esters (lactones) is 1. The molecule has 1 heterocycles. The van der Waals surface area contributed by atoms with E-state index in [9.17, 15) is 9.59 Å². The number of nitrogens with two attached hydrogens (primary N) is 1. The van der Waals surface area contributed by atoms with Gasteiger partial charge in [-0.15, -0.1) is 0 Å². The highest BCUT2D eigenvalue weighted by Gasteiger charge is 1.98. The summed E-state index contributed by atoms with van der Waals surface area (Å²) < 4.78 is 4.40. The third-order valence-corrected chi connectivity index (χ3v) is 0.576. The molecule has 0 saturated heterocycles. The van der Waals surface area contributed by atoms with E-state index in [0.717, 1.165) is 0 Å². The molecule has 0 spiro atoms. The van der Waals surface area contributed by atoms with Crippen LogP contribution in [0.5, 0.6) is 0 Å². The molecule has 4 nitrogen and oxygen atoms in total. The second kappa shape index (κ2) is 4.55. The van der Waals surface area contributed by atoms with Crippen LogP contribution in [0.15, 0.2) is 12.2 Å². The first-order valence-electron chi connectivity index (χ1n) is 2.72. The second-order valence-corrected chi connectivity index (χ2v) is 1.64. The summed E-state index contributed by atoms with van der Waals surface area (Å²) >= 11 is 0. The minimum absolute atomic E-state index is 0.227. The number of hydrogen-bond acceptors (Lipinski definition) is 3. The van der Waals surface area contributed by atoms with Gasteiger partial charge in [-0.05, 0) is 6.08 Å². The quantitative estimate of drug-likeness (QED) is 0.469. The summed E-state index contributed by atoms with van der Waals surface area (Å²) in [5.74, 6) is -0.560. The van der Waals surface area contributed by atoms with Gasteiger partial charge < -0.3 is 10.5 Å². The summed E-state index contributed by atoms with van der Waals surface area (Å²) in [7, 11) is 0. The number of rotatable bonds is 0. The smallest absolute Gasteiger partial charge is 0.330 e. The van der Waals surface area contributed by atoms with E-state index >= 15 is 0 Å². The van der Waals surface area contributed by atoms with Crippen LogP contribution >= 0.6 is 0 Å². The fourth-order valence-electron chi connectivity index (χ4n) is 0.323. The third-order valence-electron chi connectivity index (χ3n) is 0.576. The molecule has 0 aromatic rings. The molecule has 1 aliphatic heterocycles. The SMILES string of the molecule is CC(N)=O.O=C1C=CCO1. The first kappa shape index (κ1) is 8.68. The topological polar surface area (TPSA) is 69.4 Å². The van der Waals surface area contributed by atoms with Crippen LogP contribution in [0.1, 0.15) is 6.92 Å². The van der Waals surface area contributed by atoms with E-state index in [-0.39, 0.29) is 11.9 Å². The fourth-order valence-corrected chi connectivity index (χ4v) is 0.323. The molecule has 0 aromatic carbocycles. The maximum atomic E-state index is 9.93. The highest BCUT2D eigenvalue weighted by atomic mass is 16.5. The normalized spacial score (nSPS) is 13.5. The molecule has 0 fully saturated rings. The van der Waals surface area contributed by atoms with Gasteiger partial charge in [0, 0.05) is 13.0 Å². The summed E-state index contributed by atoms with van der Waals surface area (Å²) in [4.78, 5) is 19.2. The standard InChI is InChI=1S/C4H4O2.C2H5NO/c5-4-2-1-3-6-4;1-2(3)4/h1-2H,3H2;1H3,(H2,3,4). The highest BCUT2D eigenvalue weighted by Crippen LogP contribution is 1.89.